The quantitative estimate of drug-likeness (QED) is 0.690. The molecule has 1 aliphatic heterocycles. The molecule has 1 N–H and O–H groups in total. The van der Waals surface area contributed by atoms with Gasteiger partial charge in [0.25, 0.3) is 0 Å². The first kappa shape index (κ1) is 6.48. The molecule has 0 atom stereocenters. The Bertz CT molecular complexity index is 304. The Balaban J connectivity index is 2.50. The third kappa shape index (κ3) is 0.848. The highest BCUT2D eigenvalue weighted by molar-refractivity contribution is 7.12. The summed E-state index contributed by atoms with van der Waals surface area (Å²) in [6.07, 6.45) is 0. The van der Waals surface area contributed by atoms with Gasteiger partial charge in [-0.3, -0.25) is 0 Å². The topological polar surface area (TPSA) is 55.8 Å². The van der Waals surface area contributed by atoms with Crippen LogP contribution in [0, 0.1) is 0 Å². The molecule has 58 valence electrons. The van der Waals surface area contributed by atoms with Gasteiger partial charge in [-0.05, 0) is 0 Å². The summed E-state index contributed by atoms with van der Waals surface area (Å²) in [4.78, 5) is 10.5. The highest BCUT2D eigenvalue weighted by Crippen LogP contribution is 2.41. The zero-order chi connectivity index (χ0) is 7.84. The predicted octanol–water partition coefficient (Wildman–Crippen LogP) is 1.18. The van der Waals surface area contributed by atoms with Gasteiger partial charge in [0.05, 0.1) is 0 Å². The lowest BCUT2D eigenvalue weighted by molar-refractivity contribution is 0.0692. The Hall–Kier alpha value is -1.23. The summed E-state index contributed by atoms with van der Waals surface area (Å²) in [6, 6.07) is 0. The fraction of sp³-hybridized carbons (Fsp3) is 0.167. The van der Waals surface area contributed by atoms with Crippen molar-refractivity contribution >= 4 is 17.3 Å². The van der Waals surface area contributed by atoms with Crippen LogP contribution >= 0.6 is 11.3 Å². The predicted molar refractivity (Wildman–Crippen MR) is 37.4 cm³/mol. The molecule has 0 radical (unpaired) electrons. The van der Waals surface area contributed by atoms with Crippen molar-refractivity contribution in [3.63, 3.8) is 0 Å². The normalized spacial score (nSPS) is 13.5. The summed E-state index contributed by atoms with van der Waals surface area (Å²) >= 11 is 1.24. The van der Waals surface area contributed by atoms with Crippen LogP contribution < -0.4 is 9.47 Å². The van der Waals surface area contributed by atoms with E-state index in [9.17, 15) is 4.79 Å². The highest BCUT2D eigenvalue weighted by Gasteiger charge is 2.24. The number of fused-ring (bicyclic) bond motifs is 1. The zero-order valence-electron chi connectivity index (χ0n) is 5.36. The van der Waals surface area contributed by atoms with Crippen molar-refractivity contribution in [3.05, 3.63) is 10.9 Å². The summed E-state index contributed by atoms with van der Waals surface area (Å²) in [6.45, 7) is 0.127. The molecule has 0 fully saturated rings. The number of hydrogen-bond donors (Lipinski definition) is 1. The first-order valence-corrected chi connectivity index (χ1v) is 3.77. The van der Waals surface area contributed by atoms with Crippen molar-refractivity contribution in [1.29, 1.82) is 0 Å². The summed E-state index contributed by atoms with van der Waals surface area (Å²) in [5, 5.41) is 10.7. The Labute approximate surface area is 66.0 Å². The Morgan fingerprint density at radius 2 is 2.45 bits per heavy atom. The molecule has 0 aromatic carbocycles. The van der Waals surface area contributed by atoms with E-state index in [0.717, 1.165) is 0 Å². The maximum absolute atomic E-state index is 10.5. The van der Waals surface area contributed by atoms with Crippen LogP contribution in [0.25, 0.3) is 0 Å². The van der Waals surface area contributed by atoms with Crippen molar-refractivity contribution < 1.29 is 19.4 Å². The molecule has 0 bridgehead atoms. The molecule has 1 aliphatic rings. The lowest BCUT2D eigenvalue weighted by atomic mass is 10.3. The minimum Gasteiger partial charge on any atom is -0.478 e. The number of carboxylic acids is 1. The smallest absolute Gasteiger partial charge is 0.340 e. The molecule has 11 heavy (non-hydrogen) atoms. The van der Waals surface area contributed by atoms with Gasteiger partial charge in [0.1, 0.15) is 5.56 Å². The maximum Gasteiger partial charge on any atom is 0.340 e. The summed E-state index contributed by atoms with van der Waals surface area (Å²) in [5.74, 6) is -0.615. The molecule has 0 saturated carbocycles. The van der Waals surface area contributed by atoms with Crippen molar-refractivity contribution in [2.24, 2.45) is 0 Å². The largest absolute Gasteiger partial charge is 0.478 e. The van der Waals surface area contributed by atoms with Gasteiger partial charge in [0.15, 0.2) is 5.75 Å². The molecule has 2 heterocycles. The van der Waals surface area contributed by atoms with Gasteiger partial charge >= 0.3 is 5.97 Å². The van der Waals surface area contributed by atoms with E-state index in [1.165, 1.54) is 16.7 Å². The maximum atomic E-state index is 10.5. The SMILES string of the molecule is O=C(O)c1csc2c1OCO2. The van der Waals surface area contributed by atoms with E-state index >= 15 is 0 Å². The van der Waals surface area contributed by atoms with Gasteiger partial charge in [0.2, 0.25) is 11.9 Å². The van der Waals surface area contributed by atoms with E-state index in [4.69, 9.17) is 14.6 Å². The standard InChI is InChI=1S/C6H4O4S/c7-5(8)3-1-11-6-4(3)9-2-10-6/h1H,2H2,(H,7,8). The van der Waals surface area contributed by atoms with Crippen LogP contribution in [0.5, 0.6) is 10.8 Å². The fourth-order valence-electron chi connectivity index (χ4n) is 0.855. The second kappa shape index (κ2) is 2.13. The molecular weight excluding hydrogens is 168 g/mol. The average molecular weight is 172 g/mol. The minimum atomic E-state index is -0.979. The van der Waals surface area contributed by atoms with Gasteiger partial charge in [-0.2, -0.15) is 0 Å². The lowest BCUT2D eigenvalue weighted by Gasteiger charge is -1.91. The molecule has 4 nitrogen and oxygen atoms in total. The van der Waals surface area contributed by atoms with Crippen LogP contribution in [-0.4, -0.2) is 17.9 Å². The van der Waals surface area contributed by atoms with E-state index in [1.54, 1.807) is 0 Å². The highest BCUT2D eigenvalue weighted by atomic mass is 32.1. The molecule has 1 aromatic heterocycles. The van der Waals surface area contributed by atoms with Crippen LogP contribution in [0.4, 0.5) is 0 Å². The number of thiophene rings is 1. The zero-order valence-corrected chi connectivity index (χ0v) is 6.18. The molecule has 0 saturated heterocycles. The summed E-state index contributed by atoms with van der Waals surface area (Å²) < 4.78 is 9.90. The molecule has 0 aliphatic carbocycles. The van der Waals surface area contributed by atoms with E-state index in [1.807, 2.05) is 0 Å². The molecule has 0 amide bonds. The fourth-order valence-corrected chi connectivity index (χ4v) is 1.68. The van der Waals surface area contributed by atoms with E-state index < -0.39 is 5.97 Å². The van der Waals surface area contributed by atoms with E-state index in [-0.39, 0.29) is 12.4 Å². The Morgan fingerprint density at radius 1 is 1.64 bits per heavy atom. The van der Waals surface area contributed by atoms with Crippen LogP contribution in [0.15, 0.2) is 5.38 Å². The number of carboxylic acid groups (broad SMARTS) is 1. The second-order valence-corrected chi connectivity index (χ2v) is 2.82. The van der Waals surface area contributed by atoms with Gasteiger partial charge in [-0.15, -0.1) is 11.3 Å². The van der Waals surface area contributed by atoms with Gasteiger partial charge in [0, 0.05) is 5.38 Å². The van der Waals surface area contributed by atoms with Gasteiger partial charge in [-0.1, -0.05) is 0 Å². The number of rotatable bonds is 1. The van der Waals surface area contributed by atoms with E-state index in [2.05, 4.69) is 0 Å². The number of aromatic carboxylic acids is 1. The van der Waals surface area contributed by atoms with Crippen LogP contribution in [0.1, 0.15) is 10.4 Å². The summed E-state index contributed by atoms with van der Waals surface area (Å²) in [7, 11) is 0. The molecule has 5 heteroatoms. The number of ether oxygens (including phenoxy) is 2. The van der Waals surface area contributed by atoms with Crippen LogP contribution in [0.3, 0.4) is 0 Å². The molecule has 0 spiro atoms. The van der Waals surface area contributed by atoms with Crippen molar-refractivity contribution in [3.8, 4) is 10.8 Å². The van der Waals surface area contributed by atoms with Crippen molar-refractivity contribution in [2.45, 2.75) is 0 Å². The second-order valence-electron chi connectivity index (χ2n) is 1.98. The monoisotopic (exact) mass is 172 g/mol. The molecule has 1 aromatic rings. The lowest BCUT2D eigenvalue weighted by Crippen LogP contribution is -1.98. The van der Waals surface area contributed by atoms with E-state index in [0.29, 0.717) is 10.8 Å². The number of hydrogen-bond acceptors (Lipinski definition) is 4. The third-order valence-electron chi connectivity index (χ3n) is 1.34. The van der Waals surface area contributed by atoms with Crippen molar-refractivity contribution in [1.82, 2.24) is 0 Å². The minimum absolute atomic E-state index is 0.127. The number of carbonyl (C=O) groups is 1. The van der Waals surface area contributed by atoms with Crippen molar-refractivity contribution in [2.75, 3.05) is 6.79 Å². The van der Waals surface area contributed by atoms with Crippen LogP contribution in [0.2, 0.25) is 0 Å². The molecular formula is C6H4O4S. The average Bonchev–Trinajstić information content (AvgIpc) is 2.41. The molecule has 0 unspecified atom stereocenters. The van der Waals surface area contributed by atoms with Gasteiger partial charge < -0.3 is 14.6 Å². The third-order valence-corrected chi connectivity index (χ3v) is 2.21. The molecule has 2 rings (SSSR count). The Morgan fingerprint density at radius 3 is 3.18 bits per heavy atom. The first-order chi connectivity index (χ1) is 5.29. The Kier molecular flexibility index (Phi) is 1.25. The van der Waals surface area contributed by atoms with Crippen LogP contribution in [-0.2, 0) is 0 Å². The summed E-state index contributed by atoms with van der Waals surface area (Å²) in [5.41, 5.74) is 0.183. The first-order valence-electron chi connectivity index (χ1n) is 2.89. The van der Waals surface area contributed by atoms with Gasteiger partial charge in [-0.25, -0.2) is 4.79 Å².